The van der Waals surface area contributed by atoms with Gasteiger partial charge in [0.2, 0.25) is 0 Å². The molecule has 0 radical (unpaired) electrons. The van der Waals surface area contributed by atoms with E-state index in [0.29, 0.717) is 6.61 Å². The number of aliphatic hydroxyl groups is 1. The van der Waals surface area contributed by atoms with Gasteiger partial charge < -0.3 is 14.9 Å². The number of phenols is 1. The highest BCUT2D eigenvalue weighted by Gasteiger charge is 2.08. The molecule has 0 aliphatic carbocycles. The van der Waals surface area contributed by atoms with Crippen molar-refractivity contribution in [1.29, 1.82) is 0 Å². The molecule has 0 amide bonds. The van der Waals surface area contributed by atoms with Crippen LogP contribution in [0.3, 0.4) is 0 Å². The van der Waals surface area contributed by atoms with Crippen LogP contribution in [0.2, 0.25) is 0 Å². The van der Waals surface area contributed by atoms with Gasteiger partial charge in [-0.15, -0.1) is 0 Å². The molecule has 3 heteroatoms. The summed E-state index contributed by atoms with van der Waals surface area (Å²) in [5.41, 5.74) is 0.877. The van der Waals surface area contributed by atoms with E-state index in [2.05, 4.69) is 0 Å². The maximum absolute atomic E-state index is 9.04. The summed E-state index contributed by atoms with van der Waals surface area (Å²) >= 11 is 0. The molecule has 3 nitrogen and oxygen atoms in total. The fourth-order valence-corrected chi connectivity index (χ4v) is 1.14. The fourth-order valence-electron chi connectivity index (χ4n) is 1.14. The Morgan fingerprint density at radius 3 is 2.38 bits per heavy atom. The fraction of sp³-hybridized carbons (Fsp3) is 0.400. The molecular formula is C10H14O3. The molecule has 0 aliphatic rings. The highest BCUT2D eigenvalue weighted by Crippen LogP contribution is 2.19. The SMILES string of the molecule is CCO[C@@H](CO)c1ccc(O)cc1. The van der Waals surface area contributed by atoms with Gasteiger partial charge in [0.15, 0.2) is 0 Å². The molecule has 72 valence electrons. The van der Waals surface area contributed by atoms with Crippen molar-refractivity contribution in [2.24, 2.45) is 0 Å². The molecule has 1 aromatic carbocycles. The Morgan fingerprint density at radius 1 is 1.31 bits per heavy atom. The number of benzene rings is 1. The van der Waals surface area contributed by atoms with Crippen molar-refractivity contribution in [3.8, 4) is 5.75 Å². The average Bonchev–Trinajstić information content (AvgIpc) is 2.16. The van der Waals surface area contributed by atoms with E-state index >= 15 is 0 Å². The molecule has 0 spiro atoms. The number of hydrogen-bond acceptors (Lipinski definition) is 3. The van der Waals surface area contributed by atoms with Crippen molar-refractivity contribution in [2.75, 3.05) is 13.2 Å². The van der Waals surface area contributed by atoms with Crippen LogP contribution in [0.15, 0.2) is 24.3 Å². The maximum Gasteiger partial charge on any atom is 0.115 e. The quantitative estimate of drug-likeness (QED) is 0.741. The molecule has 0 bridgehead atoms. The normalized spacial score (nSPS) is 12.8. The van der Waals surface area contributed by atoms with E-state index in [1.807, 2.05) is 6.92 Å². The number of phenolic OH excluding ortho intramolecular Hbond substituents is 1. The molecule has 1 atom stereocenters. The second kappa shape index (κ2) is 4.84. The van der Waals surface area contributed by atoms with Crippen LogP contribution in [0.5, 0.6) is 5.75 Å². The summed E-state index contributed by atoms with van der Waals surface area (Å²) < 4.78 is 5.29. The third kappa shape index (κ3) is 2.72. The molecular weight excluding hydrogens is 168 g/mol. The Morgan fingerprint density at radius 2 is 1.92 bits per heavy atom. The van der Waals surface area contributed by atoms with Crippen molar-refractivity contribution >= 4 is 0 Å². The number of rotatable bonds is 4. The van der Waals surface area contributed by atoms with Gasteiger partial charge >= 0.3 is 0 Å². The van der Waals surface area contributed by atoms with Crippen LogP contribution in [-0.2, 0) is 4.74 Å². The van der Waals surface area contributed by atoms with Gasteiger partial charge in [-0.3, -0.25) is 0 Å². The lowest BCUT2D eigenvalue weighted by Gasteiger charge is -2.14. The monoisotopic (exact) mass is 182 g/mol. The van der Waals surface area contributed by atoms with Gasteiger partial charge in [-0.1, -0.05) is 12.1 Å². The molecule has 1 aromatic rings. The Balaban J connectivity index is 2.73. The number of ether oxygens (including phenoxy) is 1. The second-order valence-electron chi connectivity index (χ2n) is 2.72. The Kier molecular flexibility index (Phi) is 3.73. The summed E-state index contributed by atoms with van der Waals surface area (Å²) in [6.07, 6.45) is -0.286. The van der Waals surface area contributed by atoms with E-state index < -0.39 is 0 Å². The predicted molar refractivity (Wildman–Crippen MR) is 49.6 cm³/mol. The van der Waals surface area contributed by atoms with Crippen molar-refractivity contribution in [2.45, 2.75) is 13.0 Å². The zero-order valence-electron chi connectivity index (χ0n) is 7.60. The third-order valence-electron chi connectivity index (χ3n) is 1.80. The second-order valence-corrected chi connectivity index (χ2v) is 2.72. The van der Waals surface area contributed by atoms with E-state index in [9.17, 15) is 0 Å². The Labute approximate surface area is 77.6 Å². The van der Waals surface area contributed by atoms with Crippen molar-refractivity contribution in [3.63, 3.8) is 0 Å². The van der Waals surface area contributed by atoms with E-state index in [1.54, 1.807) is 24.3 Å². The van der Waals surface area contributed by atoms with Gasteiger partial charge in [0.1, 0.15) is 11.9 Å². The molecule has 0 aliphatic heterocycles. The summed E-state index contributed by atoms with van der Waals surface area (Å²) in [5, 5.41) is 18.0. The lowest BCUT2D eigenvalue weighted by Crippen LogP contribution is -2.08. The zero-order valence-corrected chi connectivity index (χ0v) is 7.60. The first-order valence-corrected chi connectivity index (χ1v) is 4.29. The molecule has 0 saturated carbocycles. The van der Waals surface area contributed by atoms with Crippen LogP contribution in [0.4, 0.5) is 0 Å². The first-order valence-electron chi connectivity index (χ1n) is 4.29. The molecule has 0 unspecified atom stereocenters. The van der Waals surface area contributed by atoms with Crippen LogP contribution in [-0.4, -0.2) is 23.4 Å². The molecule has 0 aromatic heterocycles. The first-order chi connectivity index (χ1) is 6.27. The lowest BCUT2D eigenvalue weighted by atomic mass is 10.1. The van der Waals surface area contributed by atoms with Crippen LogP contribution in [0, 0.1) is 0 Å². The van der Waals surface area contributed by atoms with Crippen LogP contribution >= 0.6 is 0 Å². The summed E-state index contributed by atoms with van der Waals surface area (Å²) in [7, 11) is 0. The predicted octanol–water partition coefficient (Wildman–Crippen LogP) is 1.46. The van der Waals surface area contributed by atoms with E-state index in [1.165, 1.54) is 0 Å². The molecule has 2 N–H and O–H groups in total. The summed E-state index contributed by atoms with van der Waals surface area (Å²) in [4.78, 5) is 0. The van der Waals surface area contributed by atoms with Gasteiger partial charge in [-0.25, -0.2) is 0 Å². The highest BCUT2D eigenvalue weighted by atomic mass is 16.5. The Bertz CT molecular complexity index is 243. The summed E-state index contributed by atoms with van der Waals surface area (Å²) in [6, 6.07) is 6.64. The largest absolute Gasteiger partial charge is 0.508 e. The third-order valence-corrected chi connectivity index (χ3v) is 1.80. The van der Waals surface area contributed by atoms with Crippen LogP contribution < -0.4 is 0 Å². The van der Waals surface area contributed by atoms with Gasteiger partial charge in [-0.2, -0.15) is 0 Å². The summed E-state index contributed by atoms with van der Waals surface area (Å²) in [6.45, 7) is 2.40. The van der Waals surface area contributed by atoms with E-state index in [0.717, 1.165) is 5.56 Å². The number of hydrogen-bond donors (Lipinski definition) is 2. The van der Waals surface area contributed by atoms with Gasteiger partial charge in [0.05, 0.1) is 6.61 Å². The minimum atomic E-state index is -0.286. The standard InChI is InChI=1S/C10H14O3/c1-2-13-10(7-11)8-3-5-9(12)6-4-8/h3-6,10-12H,2,7H2,1H3/t10-/m0/s1. The topological polar surface area (TPSA) is 49.7 Å². The molecule has 1 rings (SSSR count). The lowest BCUT2D eigenvalue weighted by molar-refractivity contribution is 0.0189. The highest BCUT2D eigenvalue weighted by molar-refractivity contribution is 5.27. The van der Waals surface area contributed by atoms with E-state index in [4.69, 9.17) is 14.9 Å². The first kappa shape index (κ1) is 10.0. The van der Waals surface area contributed by atoms with Gasteiger partial charge in [0, 0.05) is 6.61 Å². The Hall–Kier alpha value is -1.06. The molecule has 0 fully saturated rings. The smallest absolute Gasteiger partial charge is 0.115 e. The zero-order chi connectivity index (χ0) is 9.68. The van der Waals surface area contributed by atoms with Crippen molar-refractivity contribution < 1.29 is 14.9 Å². The van der Waals surface area contributed by atoms with Crippen molar-refractivity contribution in [1.82, 2.24) is 0 Å². The molecule has 0 saturated heterocycles. The van der Waals surface area contributed by atoms with Gasteiger partial charge in [0.25, 0.3) is 0 Å². The van der Waals surface area contributed by atoms with Crippen LogP contribution in [0.1, 0.15) is 18.6 Å². The van der Waals surface area contributed by atoms with E-state index in [-0.39, 0.29) is 18.5 Å². The molecule has 0 heterocycles. The van der Waals surface area contributed by atoms with Gasteiger partial charge in [-0.05, 0) is 24.6 Å². The average molecular weight is 182 g/mol. The van der Waals surface area contributed by atoms with Crippen molar-refractivity contribution in [3.05, 3.63) is 29.8 Å². The minimum Gasteiger partial charge on any atom is -0.508 e. The minimum absolute atomic E-state index is 0.0430. The maximum atomic E-state index is 9.04. The molecule has 13 heavy (non-hydrogen) atoms. The number of aromatic hydroxyl groups is 1. The summed E-state index contributed by atoms with van der Waals surface area (Å²) in [5.74, 6) is 0.219. The number of aliphatic hydroxyl groups excluding tert-OH is 1. The van der Waals surface area contributed by atoms with Crippen LogP contribution in [0.25, 0.3) is 0 Å².